The van der Waals surface area contributed by atoms with Gasteiger partial charge in [0.1, 0.15) is 0 Å². The average molecular weight is 393 g/mol. The van der Waals surface area contributed by atoms with Crippen LogP contribution in [0.4, 0.5) is 11.5 Å². The van der Waals surface area contributed by atoms with E-state index in [0.29, 0.717) is 4.47 Å². The molecule has 21 heavy (non-hydrogen) atoms. The SMILES string of the molecule is O=[N+]([O-])c1cc(Cl)ccc1S(=O)(=O)Nc1ncccc1Br. The number of sulfonamides is 1. The van der Waals surface area contributed by atoms with Crippen LogP contribution in [0.2, 0.25) is 5.02 Å². The minimum Gasteiger partial charge on any atom is -0.262 e. The number of nitrogens with zero attached hydrogens (tertiary/aromatic N) is 2. The summed E-state index contributed by atoms with van der Waals surface area (Å²) in [4.78, 5) is 13.5. The number of halogens is 2. The number of pyridine rings is 1. The molecular weight excluding hydrogens is 386 g/mol. The van der Waals surface area contributed by atoms with Gasteiger partial charge >= 0.3 is 0 Å². The predicted molar refractivity (Wildman–Crippen MR) is 80.9 cm³/mol. The molecule has 0 radical (unpaired) electrons. The molecule has 0 saturated heterocycles. The van der Waals surface area contributed by atoms with Gasteiger partial charge in [0.2, 0.25) is 0 Å². The van der Waals surface area contributed by atoms with Gasteiger partial charge in [-0.2, -0.15) is 0 Å². The van der Waals surface area contributed by atoms with E-state index in [2.05, 4.69) is 25.6 Å². The van der Waals surface area contributed by atoms with Gasteiger partial charge in [-0.1, -0.05) is 11.6 Å². The molecule has 1 aromatic heterocycles. The topological polar surface area (TPSA) is 102 Å². The van der Waals surface area contributed by atoms with E-state index in [1.165, 1.54) is 12.3 Å². The summed E-state index contributed by atoms with van der Waals surface area (Å²) in [6.45, 7) is 0. The smallest absolute Gasteiger partial charge is 0.262 e. The maximum absolute atomic E-state index is 12.3. The predicted octanol–water partition coefficient (Wildman–Crippen LogP) is 3.21. The van der Waals surface area contributed by atoms with Crippen molar-refractivity contribution in [2.24, 2.45) is 0 Å². The lowest BCUT2D eigenvalue weighted by Crippen LogP contribution is -2.15. The van der Waals surface area contributed by atoms with Crippen LogP contribution >= 0.6 is 27.5 Å². The Morgan fingerprint density at radius 1 is 1.33 bits per heavy atom. The first-order valence-electron chi connectivity index (χ1n) is 5.38. The molecule has 10 heteroatoms. The van der Waals surface area contributed by atoms with Crippen molar-refractivity contribution in [3.63, 3.8) is 0 Å². The van der Waals surface area contributed by atoms with Crippen molar-refractivity contribution in [3.8, 4) is 0 Å². The first-order chi connectivity index (χ1) is 9.81. The van der Waals surface area contributed by atoms with Gasteiger partial charge in [-0.05, 0) is 40.2 Å². The number of nitro benzene ring substituents is 1. The van der Waals surface area contributed by atoms with E-state index in [1.807, 2.05) is 0 Å². The highest BCUT2D eigenvalue weighted by Gasteiger charge is 2.27. The Labute approximate surface area is 133 Å². The summed E-state index contributed by atoms with van der Waals surface area (Å²) in [5, 5.41) is 11.0. The van der Waals surface area contributed by atoms with Crippen LogP contribution in [0.1, 0.15) is 0 Å². The lowest BCUT2D eigenvalue weighted by Gasteiger charge is -2.09. The second-order valence-electron chi connectivity index (χ2n) is 3.81. The van der Waals surface area contributed by atoms with Crippen LogP contribution in [-0.2, 0) is 10.0 Å². The van der Waals surface area contributed by atoms with Crippen LogP contribution in [0.15, 0.2) is 45.9 Å². The molecule has 1 aromatic carbocycles. The number of nitro groups is 1. The first kappa shape index (κ1) is 15.7. The van der Waals surface area contributed by atoms with Gasteiger partial charge in [0, 0.05) is 17.3 Å². The molecule has 0 fully saturated rings. The third kappa shape index (κ3) is 3.49. The highest BCUT2D eigenvalue weighted by Crippen LogP contribution is 2.29. The van der Waals surface area contributed by atoms with Crippen LogP contribution < -0.4 is 4.72 Å². The number of anilines is 1. The maximum Gasteiger partial charge on any atom is 0.291 e. The van der Waals surface area contributed by atoms with Crippen molar-refractivity contribution >= 4 is 49.1 Å². The molecule has 110 valence electrons. The summed E-state index contributed by atoms with van der Waals surface area (Å²) >= 11 is 8.79. The normalized spacial score (nSPS) is 11.1. The minimum absolute atomic E-state index is 0.0294. The van der Waals surface area contributed by atoms with Crippen LogP contribution in [0.3, 0.4) is 0 Å². The Bertz CT molecular complexity index is 813. The largest absolute Gasteiger partial charge is 0.291 e. The fraction of sp³-hybridized carbons (Fsp3) is 0. The number of nitrogens with one attached hydrogen (secondary N) is 1. The van der Waals surface area contributed by atoms with Gasteiger partial charge in [-0.25, -0.2) is 13.4 Å². The molecule has 1 heterocycles. The summed E-state index contributed by atoms with van der Waals surface area (Å²) in [5.41, 5.74) is -0.609. The average Bonchev–Trinajstić information content (AvgIpc) is 2.40. The third-order valence-electron chi connectivity index (χ3n) is 2.40. The quantitative estimate of drug-likeness (QED) is 0.636. The molecule has 0 aliphatic rings. The van der Waals surface area contributed by atoms with E-state index in [4.69, 9.17) is 11.6 Å². The zero-order valence-electron chi connectivity index (χ0n) is 10.2. The van der Waals surface area contributed by atoms with E-state index in [9.17, 15) is 18.5 Å². The molecular formula is C11H7BrClN3O4S. The molecule has 2 rings (SSSR count). The lowest BCUT2D eigenvalue weighted by molar-refractivity contribution is -0.387. The van der Waals surface area contributed by atoms with Crippen LogP contribution in [0.5, 0.6) is 0 Å². The van der Waals surface area contributed by atoms with Crippen molar-refractivity contribution in [2.75, 3.05) is 4.72 Å². The number of hydrogen-bond acceptors (Lipinski definition) is 5. The number of aromatic nitrogens is 1. The van der Waals surface area contributed by atoms with Gasteiger partial charge in [0.05, 0.1) is 9.40 Å². The van der Waals surface area contributed by atoms with Gasteiger partial charge in [0.15, 0.2) is 10.7 Å². The Kier molecular flexibility index (Phi) is 4.45. The van der Waals surface area contributed by atoms with Crippen molar-refractivity contribution in [2.45, 2.75) is 4.90 Å². The molecule has 1 N–H and O–H groups in total. The Hall–Kier alpha value is -1.71. The molecule has 7 nitrogen and oxygen atoms in total. The van der Waals surface area contributed by atoms with E-state index in [-0.39, 0.29) is 10.8 Å². The van der Waals surface area contributed by atoms with E-state index in [0.717, 1.165) is 12.1 Å². The van der Waals surface area contributed by atoms with E-state index in [1.54, 1.807) is 12.1 Å². The molecule has 0 amide bonds. The summed E-state index contributed by atoms with van der Waals surface area (Å²) in [6.07, 6.45) is 1.39. The van der Waals surface area contributed by atoms with Crippen LogP contribution in [0, 0.1) is 10.1 Å². The second-order valence-corrected chi connectivity index (χ2v) is 6.75. The van der Waals surface area contributed by atoms with Gasteiger partial charge < -0.3 is 0 Å². The third-order valence-corrected chi connectivity index (χ3v) is 4.66. The zero-order valence-corrected chi connectivity index (χ0v) is 13.3. The van der Waals surface area contributed by atoms with Gasteiger partial charge in [-0.3, -0.25) is 14.8 Å². The van der Waals surface area contributed by atoms with E-state index >= 15 is 0 Å². The van der Waals surface area contributed by atoms with Crippen molar-refractivity contribution in [1.29, 1.82) is 0 Å². The van der Waals surface area contributed by atoms with Gasteiger partial charge in [0.25, 0.3) is 15.7 Å². The standard InChI is InChI=1S/C11H7BrClN3O4S/c12-8-2-1-5-14-11(8)15-21(19,20)10-4-3-7(13)6-9(10)16(17)18/h1-6H,(H,14,15). The summed E-state index contributed by atoms with van der Waals surface area (Å²) in [7, 11) is -4.17. The zero-order chi connectivity index (χ0) is 15.6. The maximum atomic E-state index is 12.3. The summed E-state index contributed by atoms with van der Waals surface area (Å²) in [6, 6.07) is 6.49. The molecule has 0 spiro atoms. The molecule has 0 aliphatic heterocycles. The Balaban J connectivity index is 2.50. The van der Waals surface area contributed by atoms with E-state index < -0.39 is 25.5 Å². The fourth-order valence-electron chi connectivity index (χ4n) is 1.50. The summed E-state index contributed by atoms with van der Waals surface area (Å²) < 4.78 is 27.1. The van der Waals surface area contributed by atoms with Gasteiger partial charge in [-0.15, -0.1) is 0 Å². The molecule has 0 saturated carbocycles. The molecule has 0 aliphatic carbocycles. The highest BCUT2D eigenvalue weighted by molar-refractivity contribution is 9.10. The lowest BCUT2D eigenvalue weighted by atomic mass is 10.3. The first-order valence-corrected chi connectivity index (χ1v) is 8.04. The number of benzene rings is 1. The van der Waals surface area contributed by atoms with Crippen molar-refractivity contribution in [1.82, 2.24) is 4.98 Å². The molecule has 0 atom stereocenters. The van der Waals surface area contributed by atoms with Crippen LogP contribution in [0.25, 0.3) is 0 Å². The van der Waals surface area contributed by atoms with Crippen LogP contribution in [-0.4, -0.2) is 18.3 Å². The second kappa shape index (κ2) is 5.96. The number of rotatable bonds is 4. The Morgan fingerprint density at radius 2 is 2.05 bits per heavy atom. The summed E-state index contributed by atoms with van der Waals surface area (Å²) in [5.74, 6) is 0.0294. The minimum atomic E-state index is -4.17. The molecule has 0 bridgehead atoms. The molecule has 2 aromatic rings. The highest BCUT2D eigenvalue weighted by atomic mass is 79.9. The van der Waals surface area contributed by atoms with Crippen molar-refractivity contribution < 1.29 is 13.3 Å². The van der Waals surface area contributed by atoms with Crippen molar-refractivity contribution in [3.05, 3.63) is 56.1 Å². The fourth-order valence-corrected chi connectivity index (χ4v) is 3.34. The molecule has 0 unspecified atom stereocenters. The number of hydrogen-bond donors (Lipinski definition) is 1. The monoisotopic (exact) mass is 391 g/mol. The Morgan fingerprint density at radius 3 is 2.67 bits per heavy atom.